The molecule has 6 heteroatoms. The van der Waals surface area contributed by atoms with Gasteiger partial charge in [-0.25, -0.2) is 4.79 Å². The van der Waals surface area contributed by atoms with Crippen LogP contribution in [0.25, 0.3) is 0 Å². The Morgan fingerprint density at radius 2 is 2.08 bits per heavy atom. The summed E-state index contributed by atoms with van der Waals surface area (Å²) in [6, 6.07) is 3.42. The van der Waals surface area contributed by atoms with Crippen molar-refractivity contribution in [3.8, 4) is 0 Å². The molecule has 6 nitrogen and oxygen atoms in total. The SMILES string of the molecule is O=C(NCCC1=CCCCC1)NC1CCN(C(=O)c2ccco2)CC1. The van der Waals surface area contributed by atoms with Crippen molar-refractivity contribution in [3.63, 3.8) is 0 Å². The van der Waals surface area contributed by atoms with Gasteiger partial charge in [-0.1, -0.05) is 11.6 Å². The Balaban J connectivity index is 1.33. The molecule has 2 N–H and O–H groups in total. The van der Waals surface area contributed by atoms with Gasteiger partial charge in [-0.15, -0.1) is 0 Å². The van der Waals surface area contributed by atoms with Crippen LogP contribution in [0.2, 0.25) is 0 Å². The first-order valence-electron chi connectivity index (χ1n) is 9.27. The number of carbonyl (C=O) groups excluding carboxylic acids is 2. The van der Waals surface area contributed by atoms with E-state index in [2.05, 4.69) is 16.7 Å². The third-order valence-corrected chi connectivity index (χ3v) is 4.97. The number of piperidine rings is 1. The van der Waals surface area contributed by atoms with Crippen LogP contribution in [0.4, 0.5) is 4.79 Å². The number of nitrogens with one attached hydrogen (secondary N) is 2. The van der Waals surface area contributed by atoms with E-state index in [1.807, 2.05) is 0 Å². The molecule has 1 saturated heterocycles. The smallest absolute Gasteiger partial charge is 0.315 e. The van der Waals surface area contributed by atoms with Crippen molar-refractivity contribution in [3.05, 3.63) is 35.8 Å². The zero-order valence-corrected chi connectivity index (χ0v) is 14.6. The second-order valence-electron chi connectivity index (χ2n) is 6.80. The number of nitrogens with zero attached hydrogens (tertiary/aromatic N) is 1. The largest absolute Gasteiger partial charge is 0.459 e. The van der Waals surface area contributed by atoms with Crippen LogP contribution in [0.5, 0.6) is 0 Å². The summed E-state index contributed by atoms with van der Waals surface area (Å²) in [4.78, 5) is 26.0. The molecule has 0 unspecified atom stereocenters. The first-order valence-corrected chi connectivity index (χ1v) is 9.27. The van der Waals surface area contributed by atoms with Crippen LogP contribution in [0, 0.1) is 0 Å². The van der Waals surface area contributed by atoms with Crippen molar-refractivity contribution in [1.82, 2.24) is 15.5 Å². The summed E-state index contributed by atoms with van der Waals surface area (Å²) >= 11 is 0. The highest BCUT2D eigenvalue weighted by Crippen LogP contribution is 2.19. The van der Waals surface area contributed by atoms with E-state index in [1.165, 1.54) is 37.5 Å². The van der Waals surface area contributed by atoms with Crippen LogP contribution in [-0.2, 0) is 0 Å². The highest BCUT2D eigenvalue weighted by molar-refractivity contribution is 5.91. The Kier molecular flexibility index (Phi) is 6.14. The monoisotopic (exact) mass is 345 g/mol. The van der Waals surface area contributed by atoms with Crippen molar-refractivity contribution in [2.45, 2.75) is 51.0 Å². The Morgan fingerprint density at radius 3 is 2.76 bits per heavy atom. The normalized spacial score (nSPS) is 18.6. The third-order valence-electron chi connectivity index (χ3n) is 4.97. The van der Waals surface area contributed by atoms with Gasteiger partial charge < -0.3 is 20.0 Å². The van der Waals surface area contributed by atoms with E-state index in [9.17, 15) is 9.59 Å². The average molecular weight is 345 g/mol. The van der Waals surface area contributed by atoms with Gasteiger partial charge in [0.15, 0.2) is 5.76 Å². The van der Waals surface area contributed by atoms with Crippen molar-refractivity contribution in [2.75, 3.05) is 19.6 Å². The van der Waals surface area contributed by atoms with Crippen molar-refractivity contribution in [1.29, 1.82) is 0 Å². The Morgan fingerprint density at radius 1 is 1.24 bits per heavy atom. The summed E-state index contributed by atoms with van der Waals surface area (Å²) < 4.78 is 5.16. The Hall–Kier alpha value is -2.24. The van der Waals surface area contributed by atoms with Crippen molar-refractivity contribution >= 4 is 11.9 Å². The van der Waals surface area contributed by atoms with E-state index < -0.39 is 0 Å². The van der Waals surface area contributed by atoms with Gasteiger partial charge in [0.2, 0.25) is 0 Å². The molecule has 3 rings (SSSR count). The second-order valence-corrected chi connectivity index (χ2v) is 6.80. The molecule has 1 aromatic heterocycles. The maximum Gasteiger partial charge on any atom is 0.315 e. The summed E-state index contributed by atoms with van der Waals surface area (Å²) in [5.41, 5.74) is 1.47. The molecule has 1 aliphatic carbocycles. The lowest BCUT2D eigenvalue weighted by atomic mass is 9.97. The lowest BCUT2D eigenvalue weighted by Gasteiger charge is -2.31. The molecular weight excluding hydrogens is 318 g/mol. The molecule has 0 spiro atoms. The van der Waals surface area contributed by atoms with Crippen LogP contribution in [-0.4, -0.2) is 42.5 Å². The molecule has 0 bridgehead atoms. The Labute approximate surface area is 148 Å². The van der Waals surface area contributed by atoms with E-state index in [4.69, 9.17) is 4.42 Å². The summed E-state index contributed by atoms with van der Waals surface area (Å²) in [5.74, 6) is 0.301. The molecule has 2 aliphatic rings. The van der Waals surface area contributed by atoms with Crippen LogP contribution >= 0.6 is 0 Å². The van der Waals surface area contributed by atoms with E-state index in [0.29, 0.717) is 25.4 Å². The van der Waals surface area contributed by atoms with E-state index >= 15 is 0 Å². The fourth-order valence-electron chi connectivity index (χ4n) is 3.49. The predicted molar refractivity (Wildman–Crippen MR) is 95.3 cm³/mol. The van der Waals surface area contributed by atoms with Crippen molar-refractivity contribution in [2.24, 2.45) is 0 Å². The molecule has 0 aromatic carbocycles. The van der Waals surface area contributed by atoms with E-state index in [1.54, 1.807) is 17.0 Å². The lowest BCUT2D eigenvalue weighted by molar-refractivity contribution is 0.0676. The minimum atomic E-state index is -0.104. The van der Waals surface area contributed by atoms with Gasteiger partial charge >= 0.3 is 6.03 Å². The standard InChI is InChI=1S/C19H27N3O3/c23-18(17-7-4-14-25-17)22-12-9-16(10-13-22)21-19(24)20-11-8-15-5-2-1-3-6-15/h4-5,7,14,16H,1-3,6,8-13H2,(H2,20,21,24). The number of rotatable bonds is 5. The molecule has 136 valence electrons. The molecule has 0 saturated carbocycles. The van der Waals surface area contributed by atoms with Gasteiger partial charge in [-0.2, -0.15) is 0 Å². The van der Waals surface area contributed by atoms with Crippen LogP contribution in [0.15, 0.2) is 34.5 Å². The zero-order valence-electron chi connectivity index (χ0n) is 14.6. The summed E-state index contributed by atoms with van der Waals surface area (Å²) in [7, 11) is 0. The summed E-state index contributed by atoms with van der Waals surface area (Å²) in [6.45, 7) is 1.96. The first-order chi connectivity index (χ1) is 12.2. The molecule has 1 aliphatic heterocycles. The lowest BCUT2D eigenvalue weighted by Crippen LogP contribution is -2.49. The number of carbonyl (C=O) groups is 2. The van der Waals surface area contributed by atoms with Crippen molar-refractivity contribution < 1.29 is 14.0 Å². The number of likely N-dealkylation sites (tertiary alicyclic amines) is 1. The first kappa shape index (κ1) is 17.6. The van der Waals surface area contributed by atoms with Crippen LogP contribution in [0.3, 0.4) is 0 Å². The van der Waals surface area contributed by atoms with Crippen LogP contribution < -0.4 is 10.6 Å². The number of hydrogen-bond acceptors (Lipinski definition) is 3. The molecule has 3 amide bonds. The van der Waals surface area contributed by atoms with Gasteiger partial charge in [0, 0.05) is 25.7 Å². The number of urea groups is 1. The summed E-state index contributed by atoms with van der Waals surface area (Å²) in [6.07, 6.45) is 11.2. The van der Waals surface area contributed by atoms with E-state index in [0.717, 1.165) is 19.3 Å². The minimum Gasteiger partial charge on any atom is -0.459 e. The second kappa shape index (κ2) is 8.74. The topological polar surface area (TPSA) is 74.6 Å². The zero-order chi connectivity index (χ0) is 17.5. The van der Waals surface area contributed by atoms with E-state index in [-0.39, 0.29) is 18.0 Å². The van der Waals surface area contributed by atoms with Gasteiger partial charge in [0.1, 0.15) is 0 Å². The molecule has 0 radical (unpaired) electrons. The number of hydrogen-bond donors (Lipinski definition) is 2. The molecule has 1 aromatic rings. The minimum absolute atomic E-state index is 0.0753. The quantitative estimate of drug-likeness (QED) is 0.806. The Bertz CT molecular complexity index is 601. The molecule has 0 atom stereocenters. The highest BCUT2D eigenvalue weighted by Gasteiger charge is 2.25. The maximum absolute atomic E-state index is 12.2. The maximum atomic E-state index is 12.2. The van der Waals surface area contributed by atoms with Gasteiger partial charge in [-0.3, -0.25) is 4.79 Å². The number of amides is 3. The van der Waals surface area contributed by atoms with Gasteiger partial charge in [0.05, 0.1) is 6.26 Å². The molecule has 25 heavy (non-hydrogen) atoms. The average Bonchev–Trinajstić information content (AvgIpc) is 3.17. The molecular formula is C19H27N3O3. The highest BCUT2D eigenvalue weighted by atomic mass is 16.3. The number of furan rings is 1. The fraction of sp³-hybridized carbons (Fsp3) is 0.579. The third kappa shape index (κ3) is 5.11. The predicted octanol–water partition coefficient (Wildman–Crippen LogP) is 3.07. The fourth-order valence-corrected chi connectivity index (χ4v) is 3.49. The molecule has 2 heterocycles. The summed E-state index contributed by atoms with van der Waals surface area (Å²) in [5, 5.41) is 5.97. The molecule has 1 fully saturated rings. The van der Waals surface area contributed by atoms with Gasteiger partial charge in [0.25, 0.3) is 5.91 Å². The van der Waals surface area contributed by atoms with Gasteiger partial charge in [-0.05, 0) is 57.1 Å². The van der Waals surface area contributed by atoms with Crippen LogP contribution in [0.1, 0.15) is 55.5 Å². The number of allylic oxidation sites excluding steroid dienone is 1.